The second-order valence-corrected chi connectivity index (χ2v) is 11.7. The normalized spacial score (nSPS) is 15.6. The van der Waals surface area contributed by atoms with E-state index in [9.17, 15) is 14.9 Å². The molecule has 0 amide bonds. The molecular formula is C35H27N3O5S. The Morgan fingerprint density at radius 1 is 0.955 bits per heavy atom. The van der Waals surface area contributed by atoms with Gasteiger partial charge >= 0.3 is 0 Å². The Balaban J connectivity index is 1.23. The van der Waals surface area contributed by atoms with Gasteiger partial charge in [0.15, 0.2) is 4.80 Å². The van der Waals surface area contributed by atoms with E-state index < -0.39 is 4.92 Å². The van der Waals surface area contributed by atoms with Crippen molar-refractivity contribution in [1.29, 1.82) is 0 Å². The molecule has 1 aliphatic heterocycles. The van der Waals surface area contributed by atoms with Crippen LogP contribution in [0.3, 0.4) is 0 Å². The minimum atomic E-state index is -0.424. The lowest BCUT2D eigenvalue weighted by atomic mass is 9.83. The van der Waals surface area contributed by atoms with Crippen molar-refractivity contribution in [3.05, 3.63) is 160 Å². The molecule has 1 aromatic heterocycles. The summed E-state index contributed by atoms with van der Waals surface area (Å²) in [7, 11) is 1.65. The summed E-state index contributed by atoms with van der Waals surface area (Å²) in [6.45, 7) is 0.287. The zero-order chi connectivity index (χ0) is 30.2. The van der Waals surface area contributed by atoms with Crippen molar-refractivity contribution >= 4 is 28.8 Å². The number of methoxy groups -OCH3 is 1. The predicted octanol–water partition coefficient (Wildman–Crippen LogP) is 5.81. The average molecular weight is 602 g/mol. The van der Waals surface area contributed by atoms with Gasteiger partial charge in [0.1, 0.15) is 18.1 Å². The monoisotopic (exact) mass is 601 g/mol. The molecule has 7 rings (SSSR count). The number of allylic oxidation sites excluding steroid dienone is 1. The number of aromatic nitrogens is 1. The maximum Gasteiger partial charge on any atom is 0.271 e. The molecule has 8 nitrogen and oxygen atoms in total. The van der Waals surface area contributed by atoms with Crippen molar-refractivity contribution in [2.24, 2.45) is 4.99 Å². The highest BCUT2D eigenvalue weighted by molar-refractivity contribution is 7.07. The number of aryl methyl sites for hydroxylation is 1. The molecule has 1 atom stereocenters. The summed E-state index contributed by atoms with van der Waals surface area (Å²) in [5, 5.41) is 10.9. The topological polar surface area (TPSA) is 96.0 Å². The first kappa shape index (κ1) is 27.5. The van der Waals surface area contributed by atoms with Crippen LogP contribution in [0.5, 0.6) is 11.5 Å². The second-order valence-electron chi connectivity index (χ2n) is 10.7. The summed E-state index contributed by atoms with van der Waals surface area (Å²) in [5.74, 6) is 1.43. The zero-order valence-corrected chi connectivity index (χ0v) is 24.6. The first-order chi connectivity index (χ1) is 21.5. The van der Waals surface area contributed by atoms with E-state index in [1.807, 2.05) is 65.2 Å². The summed E-state index contributed by atoms with van der Waals surface area (Å²) >= 11 is 1.40. The summed E-state index contributed by atoms with van der Waals surface area (Å²) in [4.78, 5) is 30.2. The number of fused-ring (bicyclic) bond motifs is 3. The van der Waals surface area contributed by atoms with Crippen molar-refractivity contribution in [2.75, 3.05) is 7.11 Å². The molecule has 4 aromatic carbocycles. The van der Waals surface area contributed by atoms with Gasteiger partial charge < -0.3 is 9.47 Å². The number of nitro benzene ring substituents is 1. The number of rotatable bonds is 7. The van der Waals surface area contributed by atoms with Gasteiger partial charge in [-0.05, 0) is 83.1 Å². The van der Waals surface area contributed by atoms with Crippen molar-refractivity contribution in [3.63, 3.8) is 0 Å². The van der Waals surface area contributed by atoms with Crippen molar-refractivity contribution in [3.8, 4) is 11.5 Å². The summed E-state index contributed by atoms with van der Waals surface area (Å²) < 4.78 is 13.7. The molecule has 44 heavy (non-hydrogen) atoms. The van der Waals surface area contributed by atoms with Crippen LogP contribution in [0.2, 0.25) is 0 Å². The van der Waals surface area contributed by atoms with E-state index in [0.29, 0.717) is 15.1 Å². The largest absolute Gasteiger partial charge is 0.497 e. The van der Waals surface area contributed by atoms with Gasteiger partial charge in [-0.3, -0.25) is 19.5 Å². The molecule has 9 heteroatoms. The number of nitrogens with zero attached hydrogens (tertiary/aromatic N) is 3. The highest BCUT2D eigenvalue weighted by atomic mass is 32.1. The SMILES string of the molecule is COc1ccc([C@H]2C3=C(N=c4s/c(=C\c5ccc(OCc6ccc([N+](=O)[O-])cc6)cc5)c(=O)n42)c2ccccc2CC3)cc1. The maximum absolute atomic E-state index is 14.0. The molecule has 0 spiro atoms. The lowest BCUT2D eigenvalue weighted by molar-refractivity contribution is -0.384. The molecule has 5 aromatic rings. The summed E-state index contributed by atoms with van der Waals surface area (Å²) in [5.41, 5.74) is 7.23. The Morgan fingerprint density at radius 3 is 2.41 bits per heavy atom. The number of non-ortho nitro benzene ring substituents is 1. The quantitative estimate of drug-likeness (QED) is 0.173. The fraction of sp³-hybridized carbons (Fsp3) is 0.143. The minimum absolute atomic E-state index is 0.0451. The molecule has 2 heterocycles. The van der Waals surface area contributed by atoms with E-state index in [-0.39, 0.29) is 23.9 Å². The van der Waals surface area contributed by atoms with Gasteiger partial charge in [0.25, 0.3) is 11.2 Å². The van der Waals surface area contributed by atoms with Gasteiger partial charge in [0, 0.05) is 17.7 Å². The molecule has 0 saturated heterocycles. The standard InChI is InChI=1S/C35H27N3O5S/c1-42-27-17-10-25(11-18-27)33-30-19-12-24-4-2-3-5-29(24)32(30)36-35-37(33)34(39)31(44-35)20-22-8-15-28(16-9-22)43-21-23-6-13-26(14-7-23)38(40)41/h2-11,13-18,20,33H,12,19,21H2,1H3/b31-20-/t33-/m0/s1. The third-order valence-corrected chi connectivity index (χ3v) is 9.02. The average Bonchev–Trinajstić information content (AvgIpc) is 3.37. The molecule has 2 aliphatic rings. The van der Waals surface area contributed by atoms with Gasteiger partial charge in [-0.2, -0.15) is 0 Å². The van der Waals surface area contributed by atoms with Gasteiger partial charge in [-0.25, -0.2) is 4.99 Å². The van der Waals surface area contributed by atoms with Crippen LogP contribution in [0, 0.1) is 10.1 Å². The molecule has 0 unspecified atom stereocenters. The number of benzene rings is 4. The van der Waals surface area contributed by atoms with Crippen LogP contribution < -0.4 is 24.4 Å². The molecule has 1 aliphatic carbocycles. The summed E-state index contributed by atoms with van der Waals surface area (Å²) in [6, 6.07) is 29.9. The third kappa shape index (κ3) is 5.11. The van der Waals surface area contributed by atoms with Gasteiger partial charge in [0.05, 0.1) is 28.3 Å². The molecule has 0 N–H and O–H groups in total. The van der Waals surface area contributed by atoms with Crippen molar-refractivity contribution in [1.82, 2.24) is 4.57 Å². The maximum atomic E-state index is 14.0. The minimum Gasteiger partial charge on any atom is -0.497 e. The molecule has 0 saturated carbocycles. The van der Waals surface area contributed by atoms with Crippen LogP contribution in [-0.2, 0) is 13.0 Å². The first-order valence-electron chi connectivity index (χ1n) is 14.2. The van der Waals surface area contributed by atoms with Crippen LogP contribution in [0.1, 0.15) is 40.3 Å². The highest BCUT2D eigenvalue weighted by Crippen LogP contribution is 2.41. The molecule has 0 bridgehead atoms. The van der Waals surface area contributed by atoms with Crippen LogP contribution in [-0.4, -0.2) is 16.6 Å². The Bertz CT molecular complexity index is 2090. The second kappa shape index (κ2) is 11.4. The van der Waals surface area contributed by atoms with Crippen LogP contribution in [0.15, 0.2) is 112 Å². The fourth-order valence-corrected chi connectivity index (χ4v) is 6.80. The number of hydrogen-bond donors (Lipinski definition) is 0. The number of nitro groups is 1. The number of hydrogen-bond acceptors (Lipinski definition) is 7. The van der Waals surface area contributed by atoms with Gasteiger partial charge in [-0.1, -0.05) is 59.9 Å². The van der Waals surface area contributed by atoms with Crippen LogP contribution in [0.4, 0.5) is 5.69 Å². The van der Waals surface area contributed by atoms with E-state index >= 15 is 0 Å². The Kier molecular flexibility index (Phi) is 7.15. The molecule has 218 valence electrons. The Hall–Kier alpha value is -5.28. The van der Waals surface area contributed by atoms with E-state index in [1.54, 1.807) is 19.2 Å². The van der Waals surface area contributed by atoms with E-state index in [1.165, 1.54) is 29.0 Å². The van der Waals surface area contributed by atoms with Crippen molar-refractivity contribution < 1.29 is 14.4 Å². The molecule has 0 radical (unpaired) electrons. The van der Waals surface area contributed by atoms with Gasteiger partial charge in [-0.15, -0.1) is 0 Å². The Labute approximate surface area is 256 Å². The first-order valence-corrected chi connectivity index (χ1v) is 15.0. The zero-order valence-electron chi connectivity index (χ0n) is 23.8. The Morgan fingerprint density at radius 2 is 1.68 bits per heavy atom. The number of thiazole rings is 1. The van der Waals surface area contributed by atoms with E-state index in [0.717, 1.165) is 52.1 Å². The van der Waals surface area contributed by atoms with Crippen LogP contribution in [0.25, 0.3) is 11.8 Å². The van der Waals surface area contributed by atoms with Gasteiger partial charge in [0.2, 0.25) is 0 Å². The third-order valence-electron chi connectivity index (χ3n) is 8.04. The number of ether oxygens (including phenoxy) is 2. The van der Waals surface area contributed by atoms with Crippen molar-refractivity contribution in [2.45, 2.75) is 25.5 Å². The van der Waals surface area contributed by atoms with Crippen LogP contribution >= 0.6 is 11.3 Å². The summed E-state index contributed by atoms with van der Waals surface area (Å²) in [6.07, 6.45) is 3.63. The van der Waals surface area contributed by atoms with E-state index in [2.05, 4.69) is 18.2 Å². The smallest absolute Gasteiger partial charge is 0.271 e. The lowest BCUT2D eigenvalue weighted by Crippen LogP contribution is -2.38. The molecular weight excluding hydrogens is 574 g/mol. The fourth-order valence-electron chi connectivity index (χ4n) is 5.80. The lowest BCUT2D eigenvalue weighted by Gasteiger charge is -2.30. The van der Waals surface area contributed by atoms with E-state index in [4.69, 9.17) is 14.5 Å². The highest BCUT2D eigenvalue weighted by Gasteiger charge is 2.32. The molecule has 0 fully saturated rings. The predicted molar refractivity (Wildman–Crippen MR) is 170 cm³/mol.